The fourth-order valence-electron chi connectivity index (χ4n) is 2.07. The van der Waals surface area contributed by atoms with Gasteiger partial charge in [-0.1, -0.05) is 11.6 Å². The first kappa shape index (κ1) is 19.0. The number of aliphatic hydroxyl groups is 2. The summed E-state index contributed by atoms with van der Waals surface area (Å²) in [5, 5.41) is 31.3. The largest absolute Gasteiger partial charge is 0.503 e. The summed E-state index contributed by atoms with van der Waals surface area (Å²) in [7, 11) is 0. The van der Waals surface area contributed by atoms with Crippen LogP contribution in [0.3, 0.4) is 0 Å². The Balaban J connectivity index is 2.34. The van der Waals surface area contributed by atoms with Crippen LogP contribution in [0.15, 0.2) is 18.2 Å². The Labute approximate surface area is 149 Å². The van der Waals surface area contributed by atoms with Gasteiger partial charge in [0.15, 0.2) is 5.75 Å². The molecule has 0 spiro atoms. The van der Waals surface area contributed by atoms with Crippen molar-refractivity contribution in [2.75, 3.05) is 13.2 Å². The number of hydrogen-bond donors (Lipinski definition) is 4. The summed E-state index contributed by atoms with van der Waals surface area (Å²) in [4.78, 5) is 15.6. The molecule has 9 heteroatoms. The number of amides is 1. The number of carbonyl (C=O) groups is 1. The number of aliphatic hydroxyl groups excluding tert-OH is 2. The summed E-state index contributed by atoms with van der Waals surface area (Å²) in [6, 6.07) is 4.00. The predicted octanol–water partition coefficient (Wildman–Crippen LogP) is 1.82. The van der Waals surface area contributed by atoms with E-state index in [1.165, 1.54) is 0 Å². The molecule has 136 valence electrons. The zero-order valence-electron chi connectivity index (χ0n) is 13.7. The minimum atomic E-state index is -0.999. The highest BCUT2D eigenvalue weighted by Crippen LogP contribution is 2.38. The first-order valence-corrected chi connectivity index (χ1v) is 7.92. The second kappa shape index (κ2) is 8.19. The summed E-state index contributed by atoms with van der Waals surface area (Å²) in [5.74, 6) is -0.268. The van der Waals surface area contributed by atoms with Crippen molar-refractivity contribution in [2.24, 2.45) is 0 Å². The van der Waals surface area contributed by atoms with Crippen LogP contribution in [0.1, 0.15) is 13.8 Å². The number of fused-ring (bicyclic) bond motifs is 1. The third kappa shape index (κ3) is 4.62. The summed E-state index contributed by atoms with van der Waals surface area (Å²) in [6.07, 6.45) is -1.06. The molecule has 0 saturated carbocycles. The first-order chi connectivity index (χ1) is 11.8. The Morgan fingerprint density at radius 1 is 1.28 bits per heavy atom. The van der Waals surface area contributed by atoms with Gasteiger partial charge in [-0.25, -0.2) is 4.79 Å². The van der Waals surface area contributed by atoms with Crippen LogP contribution in [0.5, 0.6) is 17.4 Å². The molecular formula is C16H19ClN2O6. The molecule has 0 fully saturated rings. The number of nitrogens with zero attached hydrogens (tertiary/aromatic N) is 1. The van der Waals surface area contributed by atoms with E-state index < -0.39 is 31.2 Å². The van der Waals surface area contributed by atoms with E-state index in [-0.39, 0.29) is 17.0 Å². The quantitative estimate of drug-likeness (QED) is 0.572. The summed E-state index contributed by atoms with van der Waals surface area (Å²) >= 11 is 6.08. The molecule has 2 aromatic rings. The molecule has 0 unspecified atom stereocenters. The molecule has 1 amide bonds. The number of halogens is 1. The number of rotatable bonds is 6. The third-order valence-corrected chi connectivity index (χ3v) is 3.48. The lowest BCUT2D eigenvalue weighted by atomic mass is 10.1. The number of benzene rings is 1. The van der Waals surface area contributed by atoms with Crippen LogP contribution >= 0.6 is 11.6 Å². The number of aromatic hydroxyl groups is 1. The van der Waals surface area contributed by atoms with Gasteiger partial charge in [-0.3, -0.25) is 0 Å². The van der Waals surface area contributed by atoms with Crippen LogP contribution in [0.2, 0.25) is 5.15 Å². The van der Waals surface area contributed by atoms with Crippen LogP contribution in [0.25, 0.3) is 10.8 Å². The molecule has 0 aliphatic carbocycles. The summed E-state index contributed by atoms with van der Waals surface area (Å²) in [5.41, 5.74) is 0. The van der Waals surface area contributed by atoms with Crippen molar-refractivity contribution in [1.29, 1.82) is 0 Å². The van der Waals surface area contributed by atoms with E-state index in [1.807, 2.05) is 13.8 Å². The van der Waals surface area contributed by atoms with Crippen molar-refractivity contribution >= 4 is 28.5 Å². The highest BCUT2D eigenvalue weighted by atomic mass is 35.5. The lowest BCUT2D eigenvalue weighted by Crippen LogP contribution is -2.41. The molecule has 2 rings (SSSR count). The van der Waals surface area contributed by atoms with E-state index in [1.54, 1.807) is 18.2 Å². The van der Waals surface area contributed by atoms with E-state index in [0.29, 0.717) is 16.5 Å². The van der Waals surface area contributed by atoms with E-state index in [0.717, 1.165) is 0 Å². The van der Waals surface area contributed by atoms with Crippen molar-refractivity contribution < 1.29 is 29.6 Å². The van der Waals surface area contributed by atoms with E-state index in [4.69, 9.17) is 31.3 Å². The zero-order chi connectivity index (χ0) is 18.6. The number of carbonyl (C=O) groups excluding carboxylic acids is 1. The maximum atomic E-state index is 11.8. The zero-order valence-corrected chi connectivity index (χ0v) is 14.4. The van der Waals surface area contributed by atoms with Crippen LogP contribution in [0.4, 0.5) is 4.79 Å². The van der Waals surface area contributed by atoms with Crippen LogP contribution < -0.4 is 14.8 Å². The number of pyridine rings is 1. The number of hydrogen-bond acceptors (Lipinski definition) is 7. The second-order valence-corrected chi connectivity index (χ2v) is 5.88. The molecule has 0 aliphatic rings. The average molecular weight is 371 g/mol. The summed E-state index contributed by atoms with van der Waals surface area (Å²) in [6.45, 7) is 2.78. The Hall–Kier alpha value is -2.29. The number of aromatic nitrogens is 1. The molecule has 0 aliphatic heterocycles. The highest BCUT2D eigenvalue weighted by Gasteiger charge is 2.19. The predicted molar refractivity (Wildman–Crippen MR) is 91.3 cm³/mol. The molecule has 25 heavy (non-hydrogen) atoms. The molecule has 0 radical (unpaired) electrons. The van der Waals surface area contributed by atoms with Gasteiger partial charge in [-0.15, -0.1) is 0 Å². The van der Waals surface area contributed by atoms with E-state index >= 15 is 0 Å². The first-order valence-electron chi connectivity index (χ1n) is 7.54. The van der Waals surface area contributed by atoms with E-state index in [9.17, 15) is 9.90 Å². The van der Waals surface area contributed by atoms with Gasteiger partial charge in [0.25, 0.3) is 5.88 Å². The van der Waals surface area contributed by atoms with E-state index in [2.05, 4.69) is 10.3 Å². The van der Waals surface area contributed by atoms with Gasteiger partial charge in [0.1, 0.15) is 10.9 Å². The molecule has 1 aromatic carbocycles. The van der Waals surface area contributed by atoms with Crippen molar-refractivity contribution in [3.63, 3.8) is 0 Å². The van der Waals surface area contributed by atoms with Gasteiger partial charge >= 0.3 is 6.09 Å². The standard InChI is InChI=1S/C16H19ClN2O6/c1-8(2)24-10-3-4-11-12(5-10)13(22)15(19-14(11)17)25-16(23)18-9(6-20)7-21/h3-5,8-9,20-22H,6-7H2,1-2H3,(H,18,23). The molecular weight excluding hydrogens is 352 g/mol. The Morgan fingerprint density at radius 2 is 1.96 bits per heavy atom. The summed E-state index contributed by atoms with van der Waals surface area (Å²) < 4.78 is 10.5. The normalized spacial score (nSPS) is 11.2. The van der Waals surface area contributed by atoms with Crippen LogP contribution in [-0.4, -0.2) is 51.8 Å². The molecule has 0 bridgehead atoms. The number of ether oxygens (including phenoxy) is 2. The topological polar surface area (TPSA) is 121 Å². The monoisotopic (exact) mass is 370 g/mol. The highest BCUT2D eigenvalue weighted by molar-refractivity contribution is 6.34. The van der Waals surface area contributed by atoms with Crippen molar-refractivity contribution in [3.05, 3.63) is 23.4 Å². The molecule has 0 atom stereocenters. The lowest BCUT2D eigenvalue weighted by Gasteiger charge is -2.15. The van der Waals surface area contributed by atoms with Crippen LogP contribution in [-0.2, 0) is 0 Å². The minimum Gasteiger partial charge on any atom is -0.503 e. The Kier molecular flexibility index (Phi) is 6.24. The fourth-order valence-corrected chi connectivity index (χ4v) is 2.31. The van der Waals surface area contributed by atoms with Crippen molar-refractivity contribution in [2.45, 2.75) is 26.0 Å². The fraction of sp³-hybridized carbons (Fsp3) is 0.375. The van der Waals surface area contributed by atoms with Gasteiger partial charge in [-0.05, 0) is 32.0 Å². The van der Waals surface area contributed by atoms with Gasteiger partial charge < -0.3 is 30.1 Å². The van der Waals surface area contributed by atoms with Gasteiger partial charge in [0, 0.05) is 10.8 Å². The molecule has 8 nitrogen and oxygen atoms in total. The minimum absolute atomic E-state index is 0.0348. The average Bonchev–Trinajstić information content (AvgIpc) is 2.56. The molecule has 1 heterocycles. The third-order valence-electron chi connectivity index (χ3n) is 3.19. The molecule has 0 saturated heterocycles. The van der Waals surface area contributed by atoms with Gasteiger partial charge in [-0.2, -0.15) is 4.98 Å². The SMILES string of the molecule is CC(C)Oc1ccc2c(Cl)nc(OC(=O)NC(CO)CO)c(O)c2c1. The maximum Gasteiger partial charge on any atom is 0.414 e. The molecule has 4 N–H and O–H groups in total. The Bertz CT molecular complexity index is 764. The van der Waals surface area contributed by atoms with Crippen LogP contribution in [0, 0.1) is 0 Å². The molecule has 1 aromatic heterocycles. The maximum absolute atomic E-state index is 11.8. The van der Waals surface area contributed by atoms with Gasteiger partial charge in [0.05, 0.1) is 25.4 Å². The van der Waals surface area contributed by atoms with Gasteiger partial charge in [0.2, 0.25) is 0 Å². The second-order valence-electron chi connectivity index (χ2n) is 5.53. The smallest absolute Gasteiger partial charge is 0.414 e. The number of nitrogens with one attached hydrogen (secondary N) is 1. The Morgan fingerprint density at radius 3 is 2.56 bits per heavy atom. The van der Waals surface area contributed by atoms with Crippen molar-refractivity contribution in [1.82, 2.24) is 10.3 Å². The lowest BCUT2D eigenvalue weighted by molar-refractivity contribution is 0.151. The van der Waals surface area contributed by atoms with Crippen molar-refractivity contribution in [3.8, 4) is 17.4 Å².